The summed E-state index contributed by atoms with van der Waals surface area (Å²) >= 11 is 13.3. The van der Waals surface area contributed by atoms with Crippen molar-refractivity contribution in [3.8, 4) is 5.75 Å². The Morgan fingerprint density at radius 1 is 1.21 bits per heavy atom. The number of amides is 1. The minimum atomic E-state index is -0.213. The fraction of sp³-hybridized carbons (Fsp3) is 0.211. The largest absolute Gasteiger partial charge is 0.486 e. The summed E-state index contributed by atoms with van der Waals surface area (Å²) in [6.07, 6.45) is 0. The average Bonchev–Trinajstić information content (AvgIpc) is 3.02. The number of nitrogens with one attached hydrogen (secondary N) is 1. The number of halogens is 2. The minimum absolute atomic E-state index is 0.160. The molecule has 2 aromatic carbocycles. The molecule has 0 saturated carbocycles. The third kappa shape index (κ3) is 5.19. The molecular formula is C19H18Cl2N4O2S. The average molecular weight is 437 g/mol. The van der Waals surface area contributed by atoms with Crippen molar-refractivity contribution >= 4 is 46.6 Å². The number of aromatic nitrogens is 3. The molecule has 1 amide bonds. The van der Waals surface area contributed by atoms with Crippen molar-refractivity contribution in [2.24, 2.45) is 7.05 Å². The Hall–Kier alpha value is -2.22. The highest BCUT2D eigenvalue weighted by molar-refractivity contribution is 7.99. The number of ether oxygens (including phenoxy) is 1. The van der Waals surface area contributed by atoms with Gasteiger partial charge in [-0.2, -0.15) is 0 Å². The highest BCUT2D eigenvalue weighted by atomic mass is 35.5. The molecule has 3 aromatic rings. The Labute approximate surface area is 177 Å². The lowest BCUT2D eigenvalue weighted by Crippen LogP contribution is -2.15. The molecule has 1 aromatic heterocycles. The summed E-state index contributed by atoms with van der Waals surface area (Å²) in [6, 6.07) is 12.9. The van der Waals surface area contributed by atoms with Crippen molar-refractivity contribution in [1.82, 2.24) is 14.8 Å². The lowest BCUT2D eigenvalue weighted by Gasteiger charge is -2.08. The number of benzene rings is 2. The summed E-state index contributed by atoms with van der Waals surface area (Å²) in [5.41, 5.74) is 1.60. The van der Waals surface area contributed by atoms with Crippen molar-refractivity contribution in [3.63, 3.8) is 0 Å². The van der Waals surface area contributed by atoms with Crippen LogP contribution in [0.1, 0.15) is 11.4 Å². The molecule has 0 bridgehead atoms. The number of rotatable bonds is 7. The molecule has 0 radical (unpaired) electrons. The Morgan fingerprint density at radius 3 is 2.79 bits per heavy atom. The van der Waals surface area contributed by atoms with Crippen molar-refractivity contribution in [2.45, 2.75) is 18.7 Å². The van der Waals surface area contributed by atoms with E-state index >= 15 is 0 Å². The first-order valence-electron chi connectivity index (χ1n) is 8.38. The molecule has 3 rings (SSSR count). The van der Waals surface area contributed by atoms with E-state index in [-0.39, 0.29) is 18.3 Å². The molecule has 0 aliphatic carbocycles. The number of nitrogens with zero attached hydrogens (tertiary/aromatic N) is 3. The predicted molar refractivity (Wildman–Crippen MR) is 112 cm³/mol. The molecule has 1 N–H and O–H groups in total. The van der Waals surface area contributed by atoms with Crippen molar-refractivity contribution in [3.05, 3.63) is 63.9 Å². The number of carbonyl (C=O) groups excluding carboxylic acids is 1. The predicted octanol–water partition coefficient (Wildman–Crippen LogP) is 4.74. The van der Waals surface area contributed by atoms with Gasteiger partial charge in [-0.05, 0) is 36.8 Å². The summed E-state index contributed by atoms with van der Waals surface area (Å²) < 4.78 is 7.56. The van der Waals surface area contributed by atoms with Crippen LogP contribution in [0, 0.1) is 6.92 Å². The maximum atomic E-state index is 12.2. The SMILES string of the molecule is Cc1cccc(OCc2nnc(SCC(=O)Nc3cccc(Cl)c3Cl)n2C)c1. The first kappa shape index (κ1) is 20.5. The zero-order valence-electron chi connectivity index (χ0n) is 15.3. The summed E-state index contributed by atoms with van der Waals surface area (Å²) in [6.45, 7) is 2.30. The van der Waals surface area contributed by atoms with Gasteiger partial charge >= 0.3 is 0 Å². The second-order valence-corrected chi connectivity index (χ2v) is 7.73. The van der Waals surface area contributed by atoms with Crippen LogP contribution in [0.4, 0.5) is 5.69 Å². The lowest BCUT2D eigenvalue weighted by atomic mass is 10.2. The molecule has 28 heavy (non-hydrogen) atoms. The Morgan fingerprint density at radius 2 is 2.00 bits per heavy atom. The van der Waals surface area contributed by atoms with E-state index < -0.39 is 0 Å². The van der Waals surface area contributed by atoms with Crippen LogP contribution in [0.3, 0.4) is 0 Å². The van der Waals surface area contributed by atoms with Crippen LogP contribution in [-0.2, 0) is 18.4 Å². The lowest BCUT2D eigenvalue weighted by molar-refractivity contribution is -0.113. The molecule has 0 saturated heterocycles. The fourth-order valence-electron chi connectivity index (χ4n) is 2.37. The van der Waals surface area contributed by atoms with Crippen LogP contribution >= 0.6 is 35.0 Å². The number of thioether (sulfide) groups is 1. The van der Waals surface area contributed by atoms with Gasteiger partial charge in [-0.1, -0.05) is 53.2 Å². The molecule has 0 spiro atoms. The maximum absolute atomic E-state index is 12.2. The molecule has 1 heterocycles. The van der Waals surface area contributed by atoms with E-state index in [2.05, 4.69) is 15.5 Å². The molecule has 6 nitrogen and oxygen atoms in total. The van der Waals surface area contributed by atoms with Gasteiger partial charge in [-0.15, -0.1) is 10.2 Å². The number of hydrogen-bond acceptors (Lipinski definition) is 5. The minimum Gasteiger partial charge on any atom is -0.486 e. The van der Waals surface area contributed by atoms with Gasteiger partial charge in [0.2, 0.25) is 5.91 Å². The van der Waals surface area contributed by atoms with E-state index in [9.17, 15) is 4.79 Å². The van der Waals surface area contributed by atoms with Gasteiger partial charge in [0.15, 0.2) is 11.0 Å². The van der Waals surface area contributed by atoms with E-state index in [1.807, 2.05) is 38.2 Å². The van der Waals surface area contributed by atoms with E-state index in [0.717, 1.165) is 11.3 Å². The zero-order valence-corrected chi connectivity index (χ0v) is 17.6. The Kier molecular flexibility index (Phi) is 6.83. The van der Waals surface area contributed by atoms with Crippen LogP contribution in [-0.4, -0.2) is 26.4 Å². The summed E-state index contributed by atoms with van der Waals surface area (Å²) in [5.74, 6) is 1.39. The van der Waals surface area contributed by atoms with Gasteiger partial charge in [0.05, 0.1) is 21.5 Å². The van der Waals surface area contributed by atoms with E-state index in [0.29, 0.717) is 26.7 Å². The maximum Gasteiger partial charge on any atom is 0.234 e. The fourth-order valence-corrected chi connectivity index (χ4v) is 3.44. The number of aryl methyl sites for hydroxylation is 1. The molecule has 0 fully saturated rings. The Balaban J connectivity index is 1.55. The third-order valence-electron chi connectivity index (χ3n) is 3.84. The summed E-state index contributed by atoms with van der Waals surface area (Å²) in [5, 5.41) is 12.3. The summed E-state index contributed by atoms with van der Waals surface area (Å²) in [7, 11) is 1.84. The first-order valence-corrected chi connectivity index (χ1v) is 10.1. The number of carbonyl (C=O) groups is 1. The van der Waals surface area contributed by atoms with Crippen LogP contribution in [0.5, 0.6) is 5.75 Å². The molecule has 9 heteroatoms. The van der Waals surface area contributed by atoms with Gasteiger partial charge in [-0.25, -0.2) is 0 Å². The molecule has 0 atom stereocenters. The van der Waals surface area contributed by atoms with Crippen LogP contribution in [0.25, 0.3) is 0 Å². The van der Waals surface area contributed by atoms with Crippen molar-refractivity contribution in [1.29, 1.82) is 0 Å². The van der Waals surface area contributed by atoms with Crippen molar-refractivity contribution < 1.29 is 9.53 Å². The topological polar surface area (TPSA) is 69.0 Å². The molecule has 0 aliphatic heterocycles. The first-order chi connectivity index (χ1) is 13.4. The van der Waals surface area contributed by atoms with Gasteiger partial charge in [-0.3, -0.25) is 4.79 Å². The van der Waals surface area contributed by atoms with Crippen molar-refractivity contribution in [2.75, 3.05) is 11.1 Å². The summed E-state index contributed by atoms with van der Waals surface area (Å²) in [4.78, 5) is 12.2. The normalized spacial score (nSPS) is 10.7. The second kappa shape index (κ2) is 9.32. The molecule has 0 aliphatic rings. The van der Waals surface area contributed by atoms with Gasteiger partial charge in [0.1, 0.15) is 12.4 Å². The van der Waals surface area contributed by atoms with E-state index in [4.69, 9.17) is 27.9 Å². The van der Waals surface area contributed by atoms with E-state index in [1.165, 1.54) is 11.8 Å². The van der Waals surface area contributed by atoms with Gasteiger partial charge in [0, 0.05) is 7.05 Å². The molecule has 0 unspecified atom stereocenters. The van der Waals surface area contributed by atoms with E-state index in [1.54, 1.807) is 22.8 Å². The Bertz CT molecular complexity index is 994. The van der Waals surface area contributed by atoms with Gasteiger partial charge in [0.25, 0.3) is 0 Å². The highest BCUT2D eigenvalue weighted by Crippen LogP contribution is 2.29. The number of anilines is 1. The molecular weight excluding hydrogens is 419 g/mol. The zero-order chi connectivity index (χ0) is 20.1. The number of hydrogen-bond donors (Lipinski definition) is 1. The quantitative estimate of drug-likeness (QED) is 0.541. The third-order valence-corrected chi connectivity index (χ3v) is 5.68. The highest BCUT2D eigenvalue weighted by Gasteiger charge is 2.13. The monoisotopic (exact) mass is 436 g/mol. The smallest absolute Gasteiger partial charge is 0.234 e. The standard InChI is InChI=1S/C19H18Cl2N4O2S/c1-12-5-3-6-13(9-12)27-10-16-23-24-19(25(16)2)28-11-17(26)22-15-8-4-7-14(20)18(15)21/h3-9H,10-11H2,1-2H3,(H,22,26). The van der Waals surface area contributed by atoms with Crippen LogP contribution in [0.2, 0.25) is 10.0 Å². The van der Waals surface area contributed by atoms with Gasteiger partial charge < -0.3 is 14.6 Å². The van der Waals surface area contributed by atoms with Crippen LogP contribution < -0.4 is 10.1 Å². The second-order valence-electron chi connectivity index (χ2n) is 6.00. The molecule has 146 valence electrons. The van der Waals surface area contributed by atoms with Crippen LogP contribution in [0.15, 0.2) is 47.6 Å².